The number of amides is 1. The van der Waals surface area contributed by atoms with Crippen molar-refractivity contribution in [1.29, 1.82) is 0 Å². The summed E-state index contributed by atoms with van der Waals surface area (Å²) in [6, 6.07) is 11.8. The van der Waals surface area contributed by atoms with Gasteiger partial charge < -0.3 is 30.2 Å². The lowest BCUT2D eigenvalue weighted by molar-refractivity contribution is -0.112. The van der Waals surface area contributed by atoms with Crippen molar-refractivity contribution in [2.24, 2.45) is 12.8 Å². The summed E-state index contributed by atoms with van der Waals surface area (Å²) in [6.45, 7) is 7.20. The van der Waals surface area contributed by atoms with E-state index in [1.807, 2.05) is 25.2 Å². The summed E-state index contributed by atoms with van der Waals surface area (Å²) < 4.78 is 7.70. The minimum atomic E-state index is -0.609. The highest BCUT2D eigenvalue weighted by atomic mass is 16.5. The van der Waals surface area contributed by atoms with Crippen LogP contribution in [0, 0.1) is 0 Å². The van der Waals surface area contributed by atoms with Crippen LogP contribution < -0.4 is 20.7 Å². The Bertz CT molecular complexity index is 1490. The molecule has 3 aromatic heterocycles. The zero-order chi connectivity index (χ0) is 26.1. The number of nitrogens with one attached hydrogen (secondary N) is 1. The van der Waals surface area contributed by atoms with Crippen LogP contribution in [0.1, 0.15) is 5.56 Å². The summed E-state index contributed by atoms with van der Waals surface area (Å²) >= 11 is 0. The fourth-order valence-electron chi connectivity index (χ4n) is 4.58. The first kappa shape index (κ1) is 24.3. The van der Waals surface area contributed by atoms with E-state index < -0.39 is 5.91 Å². The third-order valence-corrected chi connectivity index (χ3v) is 6.66. The Labute approximate surface area is 215 Å². The van der Waals surface area contributed by atoms with E-state index >= 15 is 0 Å². The monoisotopic (exact) mass is 498 g/mol. The van der Waals surface area contributed by atoms with Crippen LogP contribution >= 0.6 is 0 Å². The van der Waals surface area contributed by atoms with Gasteiger partial charge in [-0.3, -0.25) is 4.79 Å². The average molecular weight is 499 g/mol. The number of carbonyl (C=O) groups is 1. The number of nitrogens with two attached hydrogens (primary N) is 1. The van der Waals surface area contributed by atoms with E-state index in [-0.39, 0.29) is 5.57 Å². The number of benzene rings is 1. The second-order valence-electron chi connectivity index (χ2n) is 9.11. The maximum absolute atomic E-state index is 12.1. The number of hydrogen-bond acceptors (Lipinski definition) is 8. The molecule has 4 aromatic rings. The molecule has 1 aliphatic rings. The molecule has 5 rings (SSSR count). The fraction of sp³-hybridized carbons (Fsp3) is 0.259. The molecule has 0 radical (unpaired) electrons. The smallest absolute Gasteiger partial charge is 0.248 e. The number of para-hydroxylation sites is 1. The summed E-state index contributed by atoms with van der Waals surface area (Å²) in [5.74, 6) is 0.731. The number of ether oxygens (including phenoxy) is 1. The van der Waals surface area contributed by atoms with Gasteiger partial charge in [0, 0.05) is 73.2 Å². The van der Waals surface area contributed by atoms with E-state index in [9.17, 15) is 4.79 Å². The second kappa shape index (κ2) is 9.90. The third-order valence-electron chi connectivity index (χ3n) is 6.66. The normalized spacial score (nSPS) is 14.1. The summed E-state index contributed by atoms with van der Waals surface area (Å²) in [5.41, 5.74) is 9.75. The van der Waals surface area contributed by atoms with Crippen molar-refractivity contribution < 1.29 is 9.53 Å². The van der Waals surface area contributed by atoms with Crippen LogP contribution in [-0.2, 0) is 11.8 Å². The molecule has 190 valence electrons. The molecule has 1 saturated heterocycles. The van der Waals surface area contributed by atoms with Gasteiger partial charge in [0.1, 0.15) is 11.5 Å². The maximum Gasteiger partial charge on any atom is 0.248 e. The SMILES string of the molecule is C=C(C(N)=O)c1cc(Nc2nccc(-c3cn(C)c4ccccc34)n2)c(OC)nc1N1CCN(C)CC1. The van der Waals surface area contributed by atoms with Crippen molar-refractivity contribution in [2.45, 2.75) is 0 Å². The van der Waals surface area contributed by atoms with Gasteiger partial charge in [-0.2, -0.15) is 4.98 Å². The van der Waals surface area contributed by atoms with Crippen LogP contribution in [-0.4, -0.2) is 70.7 Å². The van der Waals surface area contributed by atoms with Gasteiger partial charge in [-0.1, -0.05) is 24.8 Å². The largest absolute Gasteiger partial charge is 0.479 e. The molecule has 10 heteroatoms. The number of piperazine rings is 1. The summed E-state index contributed by atoms with van der Waals surface area (Å²) in [4.78, 5) is 30.4. The average Bonchev–Trinajstić information content (AvgIpc) is 3.25. The van der Waals surface area contributed by atoms with Crippen LogP contribution in [0.15, 0.2) is 55.4 Å². The van der Waals surface area contributed by atoms with Crippen molar-refractivity contribution in [1.82, 2.24) is 24.4 Å². The zero-order valence-corrected chi connectivity index (χ0v) is 21.2. The highest BCUT2D eigenvalue weighted by Crippen LogP contribution is 2.35. The molecular weight excluding hydrogens is 468 g/mol. The number of fused-ring (bicyclic) bond motifs is 1. The molecule has 0 atom stereocenters. The fourth-order valence-corrected chi connectivity index (χ4v) is 4.58. The first-order valence-electron chi connectivity index (χ1n) is 12.0. The van der Waals surface area contributed by atoms with Crippen molar-refractivity contribution in [3.63, 3.8) is 0 Å². The predicted molar refractivity (Wildman–Crippen MR) is 146 cm³/mol. The van der Waals surface area contributed by atoms with Crippen molar-refractivity contribution in [3.05, 3.63) is 60.9 Å². The topological polar surface area (TPSA) is 114 Å². The number of pyridine rings is 1. The van der Waals surface area contributed by atoms with Gasteiger partial charge in [0.2, 0.25) is 17.7 Å². The molecule has 0 unspecified atom stereocenters. The minimum absolute atomic E-state index is 0.178. The molecule has 37 heavy (non-hydrogen) atoms. The Balaban J connectivity index is 1.53. The lowest BCUT2D eigenvalue weighted by Gasteiger charge is -2.34. The Morgan fingerprint density at radius 1 is 1.11 bits per heavy atom. The molecule has 1 aromatic carbocycles. The molecule has 1 amide bonds. The molecule has 3 N–H and O–H groups in total. The zero-order valence-electron chi connectivity index (χ0n) is 21.2. The van der Waals surface area contributed by atoms with Gasteiger partial charge in [-0.15, -0.1) is 0 Å². The number of rotatable bonds is 7. The van der Waals surface area contributed by atoms with E-state index in [1.54, 1.807) is 19.4 Å². The van der Waals surface area contributed by atoms with Gasteiger partial charge in [-0.25, -0.2) is 9.97 Å². The van der Waals surface area contributed by atoms with Gasteiger partial charge in [0.25, 0.3) is 0 Å². The lowest BCUT2D eigenvalue weighted by Crippen LogP contribution is -2.45. The molecule has 1 aliphatic heterocycles. The van der Waals surface area contributed by atoms with E-state index in [1.165, 1.54) is 0 Å². The van der Waals surface area contributed by atoms with Crippen molar-refractivity contribution in [2.75, 3.05) is 50.6 Å². The first-order valence-corrected chi connectivity index (χ1v) is 12.0. The van der Waals surface area contributed by atoms with Crippen molar-refractivity contribution in [3.8, 4) is 17.1 Å². The van der Waals surface area contributed by atoms with Crippen LogP contribution in [0.2, 0.25) is 0 Å². The maximum atomic E-state index is 12.1. The minimum Gasteiger partial charge on any atom is -0.479 e. The standard InChI is InChI=1S/C27H30N8O2/c1-17(24(28)36)19-15-22(26(37-4)32-25(19)35-13-11-33(2)12-14-35)31-27-29-10-9-21(30-27)20-16-34(3)23-8-6-5-7-18(20)23/h5-10,15-16H,1,11-14H2,2-4H3,(H2,28,36)(H,29,30,31). The highest BCUT2D eigenvalue weighted by Gasteiger charge is 2.24. The number of primary amides is 1. The number of methoxy groups -OCH3 is 1. The number of aryl methyl sites for hydroxylation is 1. The van der Waals surface area contributed by atoms with Crippen molar-refractivity contribution >= 4 is 39.8 Å². The molecular formula is C27H30N8O2. The summed E-state index contributed by atoms with van der Waals surface area (Å²) in [5, 5.41) is 4.33. The quantitative estimate of drug-likeness (QED) is 0.374. The van der Waals surface area contributed by atoms with E-state index in [4.69, 9.17) is 20.4 Å². The Morgan fingerprint density at radius 2 is 1.86 bits per heavy atom. The van der Waals surface area contributed by atoms with Crippen LogP contribution in [0.25, 0.3) is 27.7 Å². The summed E-state index contributed by atoms with van der Waals surface area (Å²) in [6.07, 6.45) is 3.76. The number of aromatic nitrogens is 4. The van der Waals surface area contributed by atoms with Gasteiger partial charge in [0.15, 0.2) is 0 Å². The second-order valence-corrected chi connectivity index (χ2v) is 9.11. The van der Waals surface area contributed by atoms with Crippen LogP contribution in [0.4, 0.5) is 17.5 Å². The van der Waals surface area contributed by atoms with Gasteiger partial charge in [0.05, 0.1) is 12.8 Å². The molecule has 1 fully saturated rings. The molecule has 0 aliphatic carbocycles. The van der Waals surface area contributed by atoms with Gasteiger partial charge >= 0.3 is 0 Å². The molecule has 0 bridgehead atoms. The third kappa shape index (κ3) is 4.70. The molecule has 10 nitrogen and oxygen atoms in total. The summed E-state index contributed by atoms with van der Waals surface area (Å²) in [7, 11) is 5.64. The van der Waals surface area contributed by atoms with Crippen LogP contribution in [0.5, 0.6) is 5.88 Å². The van der Waals surface area contributed by atoms with E-state index in [2.05, 4.69) is 56.6 Å². The number of anilines is 3. The number of carbonyl (C=O) groups excluding carboxylic acids is 1. The predicted octanol–water partition coefficient (Wildman–Crippen LogP) is 3.03. The lowest BCUT2D eigenvalue weighted by atomic mass is 10.1. The molecule has 0 saturated carbocycles. The number of nitrogens with zero attached hydrogens (tertiary/aromatic N) is 6. The Hall–Kier alpha value is -4.44. The van der Waals surface area contributed by atoms with Crippen LogP contribution in [0.3, 0.4) is 0 Å². The van der Waals surface area contributed by atoms with Gasteiger partial charge in [-0.05, 0) is 25.2 Å². The Morgan fingerprint density at radius 3 is 2.59 bits per heavy atom. The Kier molecular flexibility index (Phi) is 6.49. The number of hydrogen-bond donors (Lipinski definition) is 2. The highest BCUT2D eigenvalue weighted by molar-refractivity contribution is 6.19. The number of likely N-dealkylation sites (N-methyl/N-ethyl adjacent to an activating group) is 1. The van der Waals surface area contributed by atoms with E-state index in [0.717, 1.165) is 48.3 Å². The first-order chi connectivity index (χ1) is 17.9. The molecule has 4 heterocycles. The molecule has 0 spiro atoms. The van der Waals surface area contributed by atoms with E-state index in [0.29, 0.717) is 28.9 Å².